The van der Waals surface area contributed by atoms with Gasteiger partial charge < -0.3 is 4.57 Å². The third-order valence-electron chi connectivity index (χ3n) is 3.71. The van der Waals surface area contributed by atoms with Gasteiger partial charge in [-0.3, -0.25) is 4.68 Å². The van der Waals surface area contributed by atoms with E-state index < -0.39 is 0 Å². The van der Waals surface area contributed by atoms with Crippen molar-refractivity contribution >= 4 is 22.8 Å². The maximum Gasteiger partial charge on any atom is 0.158 e. The van der Waals surface area contributed by atoms with Crippen molar-refractivity contribution in [3.63, 3.8) is 0 Å². The number of aromatic nitrogens is 4. The number of benzene rings is 1. The third kappa shape index (κ3) is 2.56. The van der Waals surface area contributed by atoms with Crippen LogP contribution in [0.2, 0.25) is 0 Å². The van der Waals surface area contributed by atoms with Gasteiger partial charge in [0.15, 0.2) is 5.65 Å². The molecule has 21 heavy (non-hydrogen) atoms. The van der Waals surface area contributed by atoms with E-state index in [-0.39, 0.29) is 0 Å². The molecule has 0 saturated carbocycles. The van der Waals surface area contributed by atoms with E-state index in [1.165, 1.54) is 11.1 Å². The summed E-state index contributed by atoms with van der Waals surface area (Å²) in [6, 6.07) is 8.56. The number of imidazole rings is 1. The Balaban J connectivity index is 2.12. The first-order chi connectivity index (χ1) is 10.1. The quantitative estimate of drug-likeness (QED) is 0.694. The minimum absolute atomic E-state index is 0.573. The van der Waals surface area contributed by atoms with E-state index in [1.807, 2.05) is 18.7 Å². The summed E-state index contributed by atoms with van der Waals surface area (Å²) in [5, 5.41) is 4.47. The number of alkyl halides is 1. The largest absolute Gasteiger partial charge is 0.308 e. The molecule has 0 N–H and O–H groups in total. The lowest BCUT2D eigenvalue weighted by atomic mass is 10.1. The van der Waals surface area contributed by atoms with Crippen molar-refractivity contribution in [2.75, 3.05) is 5.88 Å². The number of aryl methyl sites for hydroxylation is 4. The predicted octanol–water partition coefficient (Wildman–Crippen LogP) is 3.22. The van der Waals surface area contributed by atoms with Gasteiger partial charge in [-0.05, 0) is 19.4 Å². The van der Waals surface area contributed by atoms with Crippen LogP contribution in [0.15, 0.2) is 24.3 Å². The first-order valence-electron chi connectivity index (χ1n) is 7.10. The van der Waals surface area contributed by atoms with Crippen LogP contribution < -0.4 is 0 Å². The van der Waals surface area contributed by atoms with Crippen molar-refractivity contribution in [1.29, 1.82) is 0 Å². The molecule has 3 aromatic rings. The molecule has 2 aromatic heterocycles. The zero-order valence-corrected chi connectivity index (χ0v) is 13.4. The number of halogens is 1. The third-order valence-corrected chi connectivity index (χ3v) is 3.90. The van der Waals surface area contributed by atoms with E-state index in [9.17, 15) is 0 Å². The van der Waals surface area contributed by atoms with Gasteiger partial charge in [0.2, 0.25) is 0 Å². The fourth-order valence-electron chi connectivity index (χ4n) is 2.81. The van der Waals surface area contributed by atoms with Gasteiger partial charge in [-0.2, -0.15) is 5.10 Å². The van der Waals surface area contributed by atoms with Crippen LogP contribution in [0.25, 0.3) is 11.2 Å². The molecule has 0 fully saturated rings. The van der Waals surface area contributed by atoms with Crippen LogP contribution in [0.1, 0.15) is 22.6 Å². The number of hydrogen-bond donors (Lipinski definition) is 0. The van der Waals surface area contributed by atoms with Crippen molar-refractivity contribution in [3.05, 3.63) is 46.9 Å². The highest BCUT2D eigenvalue weighted by Gasteiger charge is 2.17. The van der Waals surface area contributed by atoms with Gasteiger partial charge in [-0.1, -0.05) is 29.8 Å². The Kier molecular flexibility index (Phi) is 3.72. The first-order valence-corrected chi connectivity index (χ1v) is 7.64. The molecule has 0 unspecified atom stereocenters. The fraction of sp³-hybridized carbons (Fsp3) is 0.375. The number of fused-ring (bicyclic) bond motifs is 1. The zero-order chi connectivity index (χ0) is 15.0. The van der Waals surface area contributed by atoms with Gasteiger partial charge in [0.25, 0.3) is 0 Å². The summed E-state index contributed by atoms with van der Waals surface area (Å²) in [7, 11) is 1.97. The molecule has 1 aromatic carbocycles. The van der Waals surface area contributed by atoms with Gasteiger partial charge in [0.1, 0.15) is 11.3 Å². The van der Waals surface area contributed by atoms with Gasteiger partial charge in [0.05, 0.1) is 12.2 Å². The summed E-state index contributed by atoms with van der Waals surface area (Å²) in [5.41, 5.74) is 5.54. The second-order valence-electron chi connectivity index (χ2n) is 5.42. The fourth-order valence-corrected chi connectivity index (χ4v) is 2.98. The SMILES string of the molecule is Cc1cccc(Cn2c(CCCl)nc3c(C)nn(C)c32)c1. The van der Waals surface area contributed by atoms with E-state index in [2.05, 4.69) is 40.9 Å². The predicted molar refractivity (Wildman–Crippen MR) is 85.9 cm³/mol. The molecule has 0 aliphatic rings. The van der Waals surface area contributed by atoms with E-state index in [1.54, 1.807) is 0 Å². The van der Waals surface area contributed by atoms with Crippen LogP contribution in [0.5, 0.6) is 0 Å². The van der Waals surface area contributed by atoms with Crippen LogP contribution >= 0.6 is 11.6 Å². The standard InChI is InChI=1S/C16H19ClN4/c1-11-5-4-6-13(9-11)10-21-14(7-8-17)18-15-12(2)19-20(3)16(15)21/h4-6,9H,7-8,10H2,1-3H3. The summed E-state index contributed by atoms with van der Waals surface area (Å²) in [6.45, 7) is 4.90. The summed E-state index contributed by atoms with van der Waals surface area (Å²) in [5.74, 6) is 1.60. The minimum atomic E-state index is 0.573. The molecule has 0 radical (unpaired) electrons. The molecular formula is C16H19ClN4. The van der Waals surface area contributed by atoms with Gasteiger partial charge in [-0.15, -0.1) is 11.6 Å². The van der Waals surface area contributed by atoms with Crippen LogP contribution in [0.4, 0.5) is 0 Å². The van der Waals surface area contributed by atoms with Crippen LogP contribution in [-0.4, -0.2) is 25.2 Å². The molecular weight excluding hydrogens is 284 g/mol. The number of rotatable bonds is 4. The number of nitrogens with zero attached hydrogens (tertiary/aromatic N) is 4. The molecule has 0 aliphatic carbocycles. The minimum Gasteiger partial charge on any atom is -0.308 e. The van der Waals surface area contributed by atoms with Crippen molar-refractivity contribution in [2.45, 2.75) is 26.8 Å². The maximum absolute atomic E-state index is 5.93. The highest BCUT2D eigenvalue weighted by molar-refractivity contribution is 6.17. The van der Waals surface area contributed by atoms with Gasteiger partial charge in [-0.25, -0.2) is 4.98 Å². The molecule has 5 heteroatoms. The Morgan fingerprint density at radius 2 is 2.05 bits per heavy atom. The first kappa shape index (κ1) is 14.1. The molecule has 0 bridgehead atoms. The molecule has 2 heterocycles. The van der Waals surface area contributed by atoms with Crippen LogP contribution in [0.3, 0.4) is 0 Å². The van der Waals surface area contributed by atoms with E-state index in [0.29, 0.717) is 5.88 Å². The molecule has 0 saturated heterocycles. The maximum atomic E-state index is 5.93. The molecule has 4 nitrogen and oxygen atoms in total. The zero-order valence-electron chi connectivity index (χ0n) is 12.6. The summed E-state index contributed by atoms with van der Waals surface area (Å²) in [4.78, 5) is 4.74. The Morgan fingerprint density at radius 3 is 2.76 bits per heavy atom. The average molecular weight is 303 g/mol. The lowest BCUT2D eigenvalue weighted by Gasteiger charge is -2.10. The molecule has 110 valence electrons. The molecule has 0 aliphatic heterocycles. The van der Waals surface area contributed by atoms with Gasteiger partial charge in [0, 0.05) is 19.3 Å². The highest BCUT2D eigenvalue weighted by Crippen LogP contribution is 2.21. The Hall–Kier alpha value is -1.81. The van der Waals surface area contributed by atoms with E-state index in [0.717, 1.165) is 35.6 Å². The molecule has 3 rings (SSSR count). The summed E-state index contributed by atoms with van der Waals surface area (Å²) in [6.07, 6.45) is 0.765. The second kappa shape index (κ2) is 5.53. The van der Waals surface area contributed by atoms with E-state index in [4.69, 9.17) is 16.6 Å². The summed E-state index contributed by atoms with van der Waals surface area (Å²) >= 11 is 5.93. The Morgan fingerprint density at radius 1 is 1.24 bits per heavy atom. The normalized spacial score (nSPS) is 11.4. The average Bonchev–Trinajstić information content (AvgIpc) is 2.91. The Labute approximate surface area is 129 Å². The second-order valence-corrected chi connectivity index (χ2v) is 5.80. The summed E-state index contributed by atoms with van der Waals surface area (Å²) < 4.78 is 4.14. The highest BCUT2D eigenvalue weighted by atomic mass is 35.5. The number of hydrogen-bond acceptors (Lipinski definition) is 2. The lowest BCUT2D eigenvalue weighted by molar-refractivity contribution is 0.692. The molecule has 0 spiro atoms. The monoisotopic (exact) mass is 302 g/mol. The molecule has 0 atom stereocenters. The van der Waals surface area contributed by atoms with Crippen molar-refractivity contribution < 1.29 is 0 Å². The van der Waals surface area contributed by atoms with Crippen LogP contribution in [-0.2, 0) is 20.0 Å². The van der Waals surface area contributed by atoms with Crippen molar-refractivity contribution in [2.24, 2.45) is 7.05 Å². The van der Waals surface area contributed by atoms with E-state index >= 15 is 0 Å². The van der Waals surface area contributed by atoms with Crippen molar-refractivity contribution in [1.82, 2.24) is 19.3 Å². The van der Waals surface area contributed by atoms with Crippen molar-refractivity contribution in [3.8, 4) is 0 Å². The Bertz CT molecular complexity index is 785. The van der Waals surface area contributed by atoms with Crippen LogP contribution in [0, 0.1) is 13.8 Å². The topological polar surface area (TPSA) is 35.6 Å². The molecule has 0 amide bonds. The lowest BCUT2D eigenvalue weighted by Crippen LogP contribution is -2.09. The van der Waals surface area contributed by atoms with Gasteiger partial charge >= 0.3 is 0 Å². The smallest absolute Gasteiger partial charge is 0.158 e.